The van der Waals surface area contributed by atoms with Gasteiger partial charge < -0.3 is 14.1 Å². The predicted octanol–water partition coefficient (Wildman–Crippen LogP) is 1.35. The molecule has 1 unspecified atom stereocenters. The molecule has 1 fully saturated rings. The number of hydrogen-bond acceptors (Lipinski definition) is 7. The number of fused-ring (bicyclic) bond motifs is 1. The summed E-state index contributed by atoms with van der Waals surface area (Å²) in [5.74, 6) is 2.33. The van der Waals surface area contributed by atoms with Crippen LogP contribution in [0.15, 0.2) is 35.3 Å². The van der Waals surface area contributed by atoms with Gasteiger partial charge in [0.1, 0.15) is 35.6 Å². The molecule has 9 heteroatoms. The lowest BCUT2D eigenvalue weighted by Crippen LogP contribution is -2.36. The molecule has 0 bridgehead atoms. The molecule has 2 aliphatic heterocycles. The van der Waals surface area contributed by atoms with Crippen molar-refractivity contribution in [2.75, 3.05) is 19.8 Å². The molecule has 138 valence electrons. The molecule has 5 rings (SSSR count). The summed E-state index contributed by atoms with van der Waals surface area (Å²) in [6, 6.07) is 5.33. The topological polar surface area (TPSA) is 99.2 Å². The number of carbonyl (C=O) groups excluding carboxylic acids is 1. The smallest absolute Gasteiger partial charge is 0.272 e. The summed E-state index contributed by atoms with van der Waals surface area (Å²) in [5, 5.41) is 7.55. The third-order valence-corrected chi connectivity index (χ3v) is 4.95. The van der Waals surface area contributed by atoms with Crippen molar-refractivity contribution in [3.05, 3.63) is 53.9 Å². The van der Waals surface area contributed by atoms with E-state index in [0.717, 1.165) is 30.4 Å². The number of rotatable bonds is 3. The first-order valence-electron chi connectivity index (χ1n) is 8.95. The van der Waals surface area contributed by atoms with Gasteiger partial charge in [0, 0.05) is 19.6 Å². The number of amides is 1. The molecule has 0 spiro atoms. The Hall–Kier alpha value is -3.07. The van der Waals surface area contributed by atoms with E-state index in [0.29, 0.717) is 37.6 Å². The molecule has 1 atom stereocenters. The molecule has 0 aliphatic carbocycles. The SMILES string of the molecule is O=C(c1cccc(-n2cnnc2)n1)N1CCc2oc(C3CCOC3)nc2C1. The number of pyridine rings is 1. The maximum Gasteiger partial charge on any atom is 0.272 e. The molecular formula is C18H18N6O3. The van der Waals surface area contributed by atoms with Crippen LogP contribution in [-0.2, 0) is 17.7 Å². The van der Waals surface area contributed by atoms with E-state index in [-0.39, 0.29) is 11.8 Å². The van der Waals surface area contributed by atoms with Crippen LogP contribution >= 0.6 is 0 Å². The van der Waals surface area contributed by atoms with Crippen LogP contribution < -0.4 is 0 Å². The van der Waals surface area contributed by atoms with Crippen LogP contribution in [-0.4, -0.2) is 55.3 Å². The lowest BCUT2D eigenvalue weighted by molar-refractivity contribution is 0.0722. The largest absolute Gasteiger partial charge is 0.445 e. The number of carbonyl (C=O) groups is 1. The Balaban J connectivity index is 1.35. The Morgan fingerprint density at radius 1 is 1.19 bits per heavy atom. The first-order chi connectivity index (χ1) is 13.3. The van der Waals surface area contributed by atoms with Gasteiger partial charge in [-0.3, -0.25) is 9.36 Å². The number of hydrogen-bond donors (Lipinski definition) is 0. The van der Waals surface area contributed by atoms with E-state index >= 15 is 0 Å². The van der Waals surface area contributed by atoms with Crippen LogP contribution in [0.5, 0.6) is 0 Å². The quantitative estimate of drug-likeness (QED) is 0.690. The van der Waals surface area contributed by atoms with Gasteiger partial charge in [-0.2, -0.15) is 0 Å². The summed E-state index contributed by atoms with van der Waals surface area (Å²) in [5.41, 5.74) is 1.23. The highest BCUT2D eigenvalue weighted by Gasteiger charge is 2.30. The second kappa shape index (κ2) is 6.58. The molecule has 0 aromatic carbocycles. The second-order valence-electron chi connectivity index (χ2n) is 6.71. The number of oxazole rings is 1. The van der Waals surface area contributed by atoms with Gasteiger partial charge in [-0.25, -0.2) is 9.97 Å². The highest BCUT2D eigenvalue weighted by molar-refractivity contribution is 5.92. The fraction of sp³-hybridized carbons (Fsp3) is 0.389. The molecule has 1 amide bonds. The van der Waals surface area contributed by atoms with Crippen molar-refractivity contribution in [3.8, 4) is 5.82 Å². The van der Waals surface area contributed by atoms with Crippen LogP contribution in [0.4, 0.5) is 0 Å². The first-order valence-corrected chi connectivity index (χ1v) is 8.95. The molecule has 5 heterocycles. The van der Waals surface area contributed by atoms with E-state index in [1.807, 2.05) is 6.07 Å². The maximum absolute atomic E-state index is 12.9. The van der Waals surface area contributed by atoms with Crippen LogP contribution in [0.3, 0.4) is 0 Å². The average molecular weight is 366 g/mol. The van der Waals surface area contributed by atoms with Crippen LogP contribution in [0.25, 0.3) is 5.82 Å². The van der Waals surface area contributed by atoms with Crippen molar-refractivity contribution in [2.24, 2.45) is 0 Å². The lowest BCUT2D eigenvalue weighted by Gasteiger charge is -2.25. The Bertz CT molecular complexity index is 961. The standard InChI is InChI=1S/C18H18N6O3/c25-18(13-2-1-3-16(21-13)24-10-19-20-11-24)23-6-4-15-14(8-23)22-17(27-15)12-5-7-26-9-12/h1-3,10-12H,4-9H2. The molecule has 0 saturated carbocycles. The molecule has 27 heavy (non-hydrogen) atoms. The zero-order chi connectivity index (χ0) is 18.2. The highest BCUT2D eigenvalue weighted by atomic mass is 16.5. The minimum absolute atomic E-state index is 0.121. The van der Waals surface area contributed by atoms with Crippen molar-refractivity contribution in [3.63, 3.8) is 0 Å². The number of nitrogens with zero attached hydrogens (tertiary/aromatic N) is 6. The summed E-state index contributed by atoms with van der Waals surface area (Å²) in [6.07, 6.45) is 4.69. The molecule has 9 nitrogen and oxygen atoms in total. The van der Waals surface area contributed by atoms with Gasteiger partial charge in [0.2, 0.25) is 0 Å². The van der Waals surface area contributed by atoms with Gasteiger partial charge in [0.15, 0.2) is 5.89 Å². The zero-order valence-corrected chi connectivity index (χ0v) is 14.6. The van der Waals surface area contributed by atoms with Crippen LogP contribution in [0.2, 0.25) is 0 Å². The Labute approximate surface area is 155 Å². The second-order valence-corrected chi connectivity index (χ2v) is 6.71. The third kappa shape index (κ3) is 2.99. The third-order valence-electron chi connectivity index (χ3n) is 4.95. The summed E-state index contributed by atoms with van der Waals surface area (Å²) in [4.78, 5) is 23.8. The summed E-state index contributed by atoms with van der Waals surface area (Å²) < 4.78 is 13.0. The molecule has 3 aromatic heterocycles. The van der Waals surface area contributed by atoms with Crippen molar-refractivity contribution in [2.45, 2.75) is 25.3 Å². The van der Waals surface area contributed by atoms with E-state index in [1.165, 1.54) is 0 Å². The molecular weight excluding hydrogens is 348 g/mol. The van der Waals surface area contributed by atoms with Gasteiger partial charge in [0.05, 0.1) is 19.1 Å². The summed E-state index contributed by atoms with van der Waals surface area (Å²) in [7, 11) is 0. The van der Waals surface area contributed by atoms with Crippen LogP contribution in [0.1, 0.15) is 40.2 Å². The fourth-order valence-electron chi connectivity index (χ4n) is 3.46. The van der Waals surface area contributed by atoms with E-state index in [9.17, 15) is 4.79 Å². The molecule has 0 radical (unpaired) electrons. The Morgan fingerprint density at radius 3 is 2.89 bits per heavy atom. The van der Waals surface area contributed by atoms with Gasteiger partial charge in [-0.05, 0) is 18.6 Å². The van der Waals surface area contributed by atoms with E-state index in [2.05, 4.69) is 20.2 Å². The minimum atomic E-state index is -0.121. The van der Waals surface area contributed by atoms with Gasteiger partial charge >= 0.3 is 0 Å². The Kier molecular flexibility index (Phi) is 3.93. The first kappa shape index (κ1) is 16.1. The number of ether oxygens (including phenoxy) is 1. The van der Waals surface area contributed by atoms with Crippen molar-refractivity contribution in [1.29, 1.82) is 0 Å². The van der Waals surface area contributed by atoms with Crippen molar-refractivity contribution in [1.82, 2.24) is 29.6 Å². The fourth-order valence-corrected chi connectivity index (χ4v) is 3.46. The monoisotopic (exact) mass is 366 g/mol. The van der Waals surface area contributed by atoms with Crippen molar-refractivity contribution >= 4 is 5.91 Å². The lowest BCUT2D eigenvalue weighted by atomic mass is 10.1. The molecule has 1 saturated heterocycles. The van der Waals surface area contributed by atoms with E-state index in [4.69, 9.17) is 9.15 Å². The van der Waals surface area contributed by atoms with Gasteiger partial charge in [-0.15, -0.1) is 10.2 Å². The molecule has 0 N–H and O–H groups in total. The summed E-state index contributed by atoms with van der Waals surface area (Å²) >= 11 is 0. The van der Waals surface area contributed by atoms with Crippen LogP contribution in [0, 0.1) is 0 Å². The van der Waals surface area contributed by atoms with Crippen molar-refractivity contribution < 1.29 is 13.9 Å². The summed E-state index contributed by atoms with van der Waals surface area (Å²) in [6.45, 7) is 2.42. The zero-order valence-electron chi connectivity index (χ0n) is 14.6. The van der Waals surface area contributed by atoms with Gasteiger partial charge in [0.25, 0.3) is 5.91 Å². The van der Waals surface area contributed by atoms with E-state index in [1.54, 1.807) is 34.3 Å². The molecule has 3 aromatic rings. The van der Waals surface area contributed by atoms with E-state index < -0.39 is 0 Å². The maximum atomic E-state index is 12.9. The number of aromatic nitrogens is 5. The molecule has 2 aliphatic rings. The van der Waals surface area contributed by atoms with Gasteiger partial charge in [-0.1, -0.05) is 6.07 Å². The normalized spacial score (nSPS) is 19.3. The minimum Gasteiger partial charge on any atom is -0.445 e. The predicted molar refractivity (Wildman–Crippen MR) is 92.3 cm³/mol. The average Bonchev–Trinajstić information content (AvgIpc) is 3.48. The highest BCUT2D eigenvalue weighted by Crippen LogP contribution is 2.29. The Morgan fingerprint density at radius 2 is 2.07 bits per heavy atom.